The van der Waals surface area contributed by atoms with Gasteiger partial charge in [0.05, 0.1) is 5.56 Å². The van der Waals surface area contributed by atoms with E-state index < -0.39 is 5.91 Å². The van der Waals surface area contributed by atoms with Gasteiger partial charge in [0.1, 0.15) is 5.82 Å². The highest BCUT2D eigenvalue weighted by molar-refractivity contribution is 5.97. The molecule has 0 aromatic carbocycles. The zero-order chi connectivity index (χ0) is 17.8. The fourth-order valence-electron chi connectivity index (χ4n) is 3.53. The molecule has 1 aromatic heterocycles. The van der Waals surface area contributed by atoms with Crippen molar-refractivity contribution < 1.29 is 14.3 Å². The van der Waals surface area contributed by atoms with Crippen molar-refractivity contribution in [3.63, 3.8) is 0 Å². The van der Waals surface area contributed by atoms with Crippen LogP contribution in [0, 0.1) is 12.8 Å². The molecule has 0 bridgehead atoms. The van der Waals surface area contributed by atoms with E-state index in [1.165, 1.54) is 0 Å². The summed E-state index contributed by atoms with van der Waals surface area (Å²) in [5.41, 5.74) is 6.79. The molecular formula is C18H26N4O3. The first kappa shape index (κ1) is 17.7. The predicted octanol–water partition coefficient (Wildman–Crippen LogP) is 0.954. The molecule has 0 atom stereocenters. The first-order valence-electron chi connectivity index (χ1n) is 8.95. The van der Waals surface area contributed by atoms with Crippen LogP contribution in [0.15, 0.2) is 12.1 Å². The number of primary amides is 1. The Bertz CT molecular complexity index is 643. The van der Waals surface area contributed by atoms with Gasteiger partial charge in [-0.3, -0.25) is 9.59 Å². The van der Waals surface area contributed by atoms with Gasteiger partial charge >= 0.3 is 0 Å². The van der Waals surface area contributed by atoms with Crippen LogP contribution in [-0.2, 0) is 9.53 Å². The Hall–Kier alpha value is -2.15. The maximum absolute atomic E-state index is 12.7. The lowest BCUT2D eigenvalue weighted by molar-refractivity contribution is -0.138. The second-order valence-electron chi connectivity index (χ2n) is 6.74. The van der Waals surface area contributed by atoms with Crippen LogP contribution < -0.4 is 10.6 Å². The lowest BCUT2D eigenvalue weighted by atomic mass is 9.98. The van der Waals surface area contributed by atoms with Crippen molar-refractivity contribution in [3.8, 4) is 0 Å². The van der Waals surface area contributed by atoms with Crippen LogP contribution in [0.4, 0.5) is 5.82 Å². The van der Waals surface area contributed by atoms with Crippen LogP contribution in [0.5, 0.6) is 0 Å². The van der Waals surface area contributed by atoms with Crippen molar-refractivity contribution in [3.05, 3.63) is 23.4 Å². The maximum atomic E-state index is 12.7. The molecule has 25 heavy (non-hydrogen) atoms. The van der Waals surface area contributed by atoms with E-state index in [0.717, 1.165) is 38.0 Å². The summed E-state index contributed by atoms with van der Waals surface area (Å²) >= 11 is 0. The van der Waals surface area contributed by atoms with Gasteiger partial charge in [-0.25, -0.2) is 4.98 Å². The normalized spacial score (nSPS) is 19.6. The van der Waals surface area contributed by atoms with E-state index in [1.54, 1.807) is 12.1 Å². The number of hydrogen-bond acceptors (Lipinski definition) is 5. The molecule has 3 rings (SSSR count). The summed E-state index contributed by atoms with van der Waals surface area (Å²) in [6.45, 7) is 6.04. The number of carbonyl (C=O) groups is 2. The van der Waals surface area contributed by atoms with Gasteiger partial charge in [0, 0.05) is 51.0 Å². The minimum Gasteiger partial charge on any atom is -0.381 e. The molecule has 1 aromatic rings. The zero-order valence-electron chi connectivity index (χ0n) is 14.7. The number of ether oxygens (including phenoxy) is 1. The van der Waals surface area contributed by atoms with Gasteiger partial charge in [0.15, 0.2) is 0 Å². The lowest BCUT2D eigenvalue weighted by Crippen LogP contribution is -2.41. The summed E-state index contributed by atoms with van der Waals surface area (Å²) < 4.78 is 5.35. The lowest BCUT2D eigenvalue weighted by Gasteiger charge is -2.28. The Morgan fingerprint density at radius 2 is 1.92 bits per heavy atom. The van der Waals surface area contributed by atoms with Crippen LogP contribution >= 0.6 is 0 Å². The van der Waals surface area contributed by atoms with Crippen molar-refractivity contribution in [1.29, 1.82) is 0 Å². The van der Waals surface area contributed by atoms with Crippen LogP contribution in [0.25, 0.3) is 0 Å². The maximum Gasteiger partial charge on any atom is 0.252 e. The summed E-state index contributed by atoms with van der Waals surface area (Å²) in [6.07, 6.45) is 2.47. The van der Waals surface area contributed by atoms with Crippen LogP contribution in [-0.4, -0.2) is 61.1 Å². The fourth-order valence-corrected chi connectivity index (χ4v) is 3.53. The molecule has 2 N–H and O–H groups in total. The first-order chi connectivity index (χ1) is 12.1. The number of amides is 2. The molecule has 2 fully saturated rings. The molecule has 2 aliphatic rings. The number of rotatable bonds is 3. The van der Waals surface area contributed by atoms with E-state index in [1.807, 2.05) is 11.8 Å². The van der Waals surface area contributed by atoms with Crippen LogP contribution in [0.2, 0.25) is 0 Å². The van der Waals surface area contributed by atoms with Gasteiger partial charge in [-0.15, -0.1) is 0 Å². The molecule has 0 saturated carbocycles. The first-order valence-corrected chi connectivity index (χ1v) is 8.95. The highest BCUT2D eigenvalue weighted by Gasteiger charge is 2.28. The summed E-state index contributed by atoms with van der Waals surface area (Å²) in [7, 11) is 0. The smallest absolute Gasteiger partial charge is 0.252 e. The predicted molar refractivity (Wildman–Crippen MR) is 94.4 cm³/mol. The Morgan fingerprint density at radius 1 is 1.16 bits per heavy atom. The second kappa shape index (κ2) is 7.82. The van der Waals surface area contributed by atoms with Crippen molar-refractivity contribution in [1.82, 2.24) is 9.88 Å². The number of aryl methyl sites for hydroxylation is 1. The quantitative estimate of drug-likeness (QED) is 0.880. The van der Waals surface area contributed by atoms with Gasteiger partial charge in [0.2, 0.25) is 5.91 Å². The number of anilines is 1. The van der Waals surface area contributed by atoms with E-state index in [9.17, 15) is 9.59 Å². The standard InChI is InChI=1S/C18H26N4O3/c1-13-3-4-15(16(19)23)17(20-13)21-7-2-8-22(10-9-21)18(24)14-5-11-25-12-6-14/h3-4,14H,2,5-12H2,1H3,(H2,19,23). The van der Waals surface area contributed by atoms with E-state index in [-0.39, 0.29) is 11.8 Å². The number of nitrogens with zero attached hydrogens (tertiary/aromatic N) is 3. The average molecular weight is 346 g/mol. The van der Waals surface area contributed by atoms with Crippen LogP contribution in [0.1, 0.15) is 35.3 Å². The number of hydrogen-bond donors (Lipinski definition) is 1. The highest BCUT2D eigenvalue weighted by Crippen LogP contribution is 2.22. The topological polar surface area (TPSA) is 88.8 Å². The SMILES string of the molecule is Cc1ccc(C(N)=O)c(N2CCCN(C(=O)C3CCOCC3)CC2)n1. The third-order valence-electron chi connectivity index (χ3n) is 4.96. The fraction of sp³-hybridized carbons (Fsp3) is 0.611. The van der Waals surface area contributed by atoms with Crippen molar-refractivity contribution >= 4 is 17.6 Å². The molecule has 0 spiro atoms. The van der Waals surface area contributed by atoms with Gasteiger partial charge in [-0.2, -0.15) is 0 Å². The molecular weight excluding hydrogens is 320 g/mol. The minimum absolute atomic E-state index is 0.0820. The third-order valence-corrected chi connectivity index (χ3v) is 4.96. The molecule has 2 amide bonds. The molecule has 0 aliphatic carbocycles. The molecule has 0 unspecified atom stereocenters. The van der Waals surface area contributed by atoms with Crippen molar-refractivity contribution in [2.45, 2.75) is 26.2 Å². The monoisotopic (exact) mass is 346 g/mol. The summed E-state index contributed by atoms with van der Waals surface area (Å²) in [4.78, 5) is 33.0. The number of aromatic nitrogens is 1. The Labute approximate surface area is 148 Å². The molecule has 2 aliphatic heterocycles. The number of carbonyl (C=O) groups excluding carboxylic acids is 2. The average Bonchev–Trinajstić information content (AvgIpc) is 2.87. The minimum atomic E-state index is -0.470. The van der Waals surface area contributed by atoms with E-state index in [4.69, 9.17) is 10.5 Å². The Morgan fingerprint density at radius 3 is 2.64 bits per heavy atom. The molecule has 7 nitrogen and oxygen atoms in total. The van der Waals surface area contributed by atoms with Gasteiger partial charge < -0.3 is 20.3 Å². The molecule has 2 saturated heterocycles. The van der Waals surface area contributed by atoms with Gasteiger partial charge in [0.25, 0.3) is 5.91 Å². The Kier molecular flexibility index (Phi) is 5.53. The van der Waals surface area contributed by atoms with Gasteiger partial charge in [-0.05, 0) is 38.3 Å². The molecule has 136 valence electrons. The van der Waals surface area contributed by atoms with Crippen LogP contribution in [0.3, 0.4) is 0 Å². The van der Waals surface area contributed by atoms with E-state index >= 15 is 0 Å². The summed E-state index contributed by atoms with van der Waals surface area (Å²) in [5, 5.41) is 0. The second-order valence-corrected chi connectivity index (χ2v) is 6.74. The van der Waals surface area contributed by atoms with E-state index in [0.29, 0.717) is 37.7 Å². The third kappa shape index (κ3) is 4.10. The van der Waals surface area contributed by atoms with Gasteiger partial charge in [-0.1, -0.05) is 0 Å². The number of pyridine rings is 1. The zero-order valence-corrected chi connectivity index (χ0v) is 14.7. The number of nitrogens with two attached hydrogens (primary N) is 1. The summed E-state index contributed by atoms with van der Waals surface area (Å²) in [5.74, 6) is 0.478. The molecule has 7 heteroatoms. The largest absolute Gasteiger partial charge is 0.381 e. The van der Waals surface area contributed by atoms with Crippen molar-refractivity contribution in [2.24, 2.45) is 11.7 Å². The van der Waals surface area contributed by atoms with Crippen molar-refractivity contribution in [2.75, 3.05) is 44.3 Å². The molecule has 0 radical (unpaired) electrons. The molecule has 3 heterocycles. The Balaban J connectivity index is 1.70. The highest BCUT2D eigenvalue weighted by atomic mass is 16.5. The van der Waals surface area contributed by atoms with E-state index in [2.05, 4.69) is 9.88 Å². The summed E-state index contributed by atoms with van der Waals surface area (Å²) in [6, 6.07) is 3.53.